The maximum absolute atomic E-state index is 12.3. The number of halogens is 4. The van der Waals surface area contributed by atoms with Crippen LogP contribution in [0.5, 0.6) is 0 Å². The van der Waals surface area contributed by atoms with Gasteiger partial charge in [0.1, 0.15) is 0 Å². The van der Waals surface area contributed by atoms with Crippen LogP contribution in [0.3, 0.4) is 0 Å². The molecule has 0 saturated carbocycles. The van der Waals surface area contributed by atoms with Crippen molar-refractivity contribution in [3.63, 3.8) is 0 Å². The number of alkyl halides is 3. The van der Waals surface area contributed by atoms with E-state index in [1.165, 1.54) is 17.7 Å². The molecule has 0 amide bonds. The Morgan fingerprint density at radius 2 is 1.82 bits per heavy atom. The lowest BCUT2D eigenvalue weighted by Crippen LogP contribution is -2.05. The van der Waals surface area contributed by atoms with Crippen molar-refractivity contribution in [1.29, 1.82) is 0 Å². The summed E-state index contributed by atoms with van der Waals surface area (Å²) < 4.78 is 36.9. The first-order valence-electron chi connectivity index (χ1n) is 5.11. The van der Waals surface area contributed by atoms with E-state index in [-0.39, 0.29) is 0 Å². The Bertz CT molecular complexity index is 382. The Labute approximate surface area is 103 Å². The molecule has 0 bridgehead atoms. The minimum Gasteiger partial charge on any atom is -0.327 e. The van der Waals surface area contributed by atoms with Gasteiger partial charge in [0, 0.05) is 12.1 Å². The van der Waals surface area contributed by atoms with E-state index in [2.05, 4.69) is 0 Å². The van der Waals surface area contributed by atoms with Gasteiger partial charge in [0.2, 0.25) is 0 Å². The molecule has 0 spiro atoms. The second kappa shape index (κ2) is 6.07. The molecule has 1 rings (SSSR count). The average molecular weight is 264 g/mol. The Morgan fingerprint density at radius 1 is 1.24 bits per heavy atom. The quantitative estimate of drug-likeness (QED) is 0.880. The van der Waals surface area contributed by atoms with Gasteiger partial charge in [0.25, 0.3) is 0 Å². The molecule has 0 heterocycles. The molecule has 0 fully saturated rings. The van der Waals surface area contributed by atoms with Gasteiger partial charge in [-0.1, -0.05) is 23.7 Å². The summed E-state index contributed by atoms with van der Waals surface area (Å²) in [5.41, 5.74) is 7.93. The Morgan fingerprint density at radius 3 is 2.24 bits per heavy atom. The lowest BCUT2D eigenvalue weighted by Gasteiger charge is -2.08. The van der Waals surface area contributed by atoms with Crippen LogP contribution in [0.25, 0.3) is 0 Å². The zero-order valence-electron chi connectivity index (χ0n) is 9.10. The van der Waals surface area contributed by atoms with Crippen LogP contribution in [0, 0.1) is 0 Å². The number of nitrogens with two attached hydrogens (primary N) is 1. The molecule has 0 aromatic heterocycles. The maximum atomic E-state index is 12.3. The predicted octanol–water partition coefficient (Wildman–Crippen LogP) is 3.72. The van der Waals surface area contributed by atoms with Gasteiger partial charge in [-0.2, -0.15) is 13.2 Å². The highest BCUT2D eigenvalue weighted by Crippen LogP contribution is 2.29. The molecule has 0 unspecified atom stereocenters. The minimum absolute atomic E-state index is 0.365. The third-order valence-corrected chi connectivity index (χ3v) is 2.74. The van der Waals surface area contributed by atoms with Gasteiger partial charge in [-0.05, 0) is 36.1 Å². The van der Waals surface area contributed by atoms with Crippen LogP contribution < -0.4 is 5.73 Å². The van der Waals surface area contributed by atoms with Crippen molar-refractivity contribution in [2.75, 3.05) is 6.54 Å². The Hall–Kier alpha value is -1.00. The SMILES string of the molecule is NCC(=CCl)CCc1ccc(C(F)(F)F)cc1. The van der Waals surface area contributed by atoms with Gasteiger partial charge in [-0.15, -0.1) is 0 Å². The molecule has 0 atom stereocenters. The molecule has 1 nitrogen and oxygen atoms in total. The average Bonchev–Trinajstić information content (AvgIpc) is 2.30. The van der Waals surface area contributed by atoms with Gasteiger partial charge in [-0.3, -0.25) is 0 Å². The first-order chi connectivity index (χ1) is 7.97. The summed E-state index contributed by atoms with van der Waals surface area (Å²) in [7, 11) is 0. The smallest absolute Gasteiger partial charge is 0.327 e. The van der Waals surface area contributed by atoms with E-state index in [0.29, 0.717) is 19.4 Å². The van der Waals surface area contributed by atoms with Crippen molar-refractivity contribution in [2.24, 2.45) is 5.73 Å². The topological polar surface area (TPSA) is 26.0 Å². The summed E-state index contributed by atoms with van der Waals surface area (Å²) in [6, 6.07) is 5.13. The number of aryl methyl sites for hydroxylation is 1. The highest BCUT2D eigenvalue weighted by atomic mass is 35.5. The zero-order valence-corrected chi connectivity index (χ0v) is 9.85. The molecule has 17 heavy (non-hydrogen) atoms. The molecule has 5 heteroatoms. The third kappa shape index (κ3) is 4.40. The summed E-state index contributed by atoms with van der Waals surface area (Å²) in [5, 5.41) is 0. The van der Waals surface area contributed by atoms with Gasteiger partial charge in [-0.25, -0.2) is 0 Å². The lowest BCUT2D eigenvalue weighted by atomic mass is 10.0. The van der Waals surface area contributed by atoms with Crippen LogP contribution in [-0.4, -0.2) is 6.54 Å². The molecule has 1 aromatic rings. The van der Waals surface area contributed by atoms with E-state index in [1.807, 2.05) is 0 Å². The van der Waals surface area contributed by atoms with Gasteiger partial charge < -0.3 is 5.73 Å². The maximum Gasteiger partial charge on any atom is 0.416 e. The third-order valence-electron chi connectivity index (χ3n) is 2.43. The molecule has 2 N–H and O–H groups in total. The van der Waals surface area contributed by atoms with Crippen molar-refractivity contribution in [2.45, 2.75) is 19.0 Å². The first kappa shape index (κ1) is 14.1. The fraction of sp³-hybridized carbons (Fsp3) is 0.333. The molecular formula is C12H13ClF3N. The Kier molecular flexibility index (Phi) is 5.02. The molecule has 0 aliphatic carbocycles. The van der Waals surface area contributed by atoms with Crippen molar-refractivity contribution < 1.29 is 13.2 Å². The standard InChI is InChI=1S/C12H13ClF3N/c13-7-10(8-17)2-1-9-3-5-11(6-4-9)12(14,15)16/h3-7H,1-2,8,17H2. The fourth-order valence-electron chi connectivity index (χ4n) is 1.37. The van der Waals surface area contributed by atoms with Gasteiger partial charge in [0.05, 0.1) is 5.56 Å². The van der Waals surface area contributed by atoms with Crippen LogP contribution in [0.2, 0.25) is 0 Å². The summed E-state index contributed by atoms with van der Waals surface area (Å²) in [6.45, 7) is 0.365. The molecular weight excluding hydrogens is 251 g/mol. The molecule has 0 radical (unpaired) electrons. The molecule has 0 aliphatic heterocycles. The normalized spacial score (nSPS) is 12.9. The van der Waals surface area contributed by atoms with Crippen LogP contribution in [-0.2, 0) is 12.6 Å². The second-order valence-electron chi connectivity index (χ2n) is 3.67. The van der Waals surface area contributed by atoms with Crippen molar-refractivity contribution in [3.8, 4) is 0 Å². The fourth-order valence-corrected chi connectivity index (χ4v) is 1.56. The summed E-state index contributed by atoms with van der Waals surface area (Å²) >= 11 is 5.53. The number of hydrogen-bond acceptors (Lipinski definition) is 1. The first-order valence-corrected chi connectivity index (χ1v) is 5.55. The molecule has 94 valence electrons. The van der Waals surface area contributed by atoms with Crippen LogP contribution in [0.1, 0.15) is 17.5 Å². The van der Waals surface area contributed by atoms with Crippen molar-refractivity contribution >= 4 is 11.6 Å². The van der Waals surface area contributed by atoms with E-state index in [0.717, 1.165) is 23.3 Å². The summed E-state index contributed by atoms with van der Waals surface area (Å²) in [5.74, 6) is 0. The zero-order chi connectivity index (χ0) is 12.9. The molecule has 1 aromatic carbocycles. The highest BCUT2D eigenvalue weighted by Gasteiger charge is 2.29. The monoisotopic (exact) mass is 263 g/mol. The molecule has 0 saturated heterocycles. The van der Waals surface area contributed by atoms with E-state index < -0.39 is 11.7 Å². The Balaban J connectivity index is 2.63. The van der Waals surface area contributed by atoms with E-state index in [4.69, 9.17) is 17.3 Å². The second-order valence-corrected chi connectivity index (χ2v) is 3.88. The van der Waals surface area contributed by atoms with E-state index >= 15 is 0 Å². The lowest BCUT2D eigenvalue weighted by molar-refractivity contribution is -0.137. The number of benzene rings is 1. The summed E-state index contributed by atoms with van der Waals surface area (Å²) in [4.78, 5) is 0. The van der Waals surface area contributed by atoms with Crippen molar-refractivity contribution in [3.05, 3.63) is 46.5 Å². The van der Waals surface area contributed by atoms with Crippen LogP contribution >= 0.6 is 11.6 Å². The summed E-state index contributed by atoms with van der Waals surface area (Å²) in [6.07, 6.45) is -2.99. The minimum atomic E-state index is -4.28. The highest BCUT2D eigenvalue weighted by molar-refractivity contribution is 6.25. The van der Waals surface area contributed by atoms with Crippen LogP contribution in [0.4, 0.5) is 13.2 Å². The van der Waals surface area contributed by atoms with Crippen LogP contribution in [0.15, 0.2) is 35.4 Å². The molecule has 0 aliphatic rings. The number of rotatable bonds is 4. The van der Waals surface area contributed by atoms with E-state index in [1.54, 1.807) is 0 Å². The predicted molar refractivity (Wildman–Crippen MR) is 62.8 cm³/mol. The van der Waals surface area contributed by atoms with Gasteiger partial charge in [0.15, 0.2) is 0 Å². The van der Waals surface area contributed by atoms with E-state index in [9.17, 15) is 13.2 Å². The number of hydrogen-bond donors (Lipinski definition) is 1. The largest absolute Gasteiger partial charge is 0.416 e. The van der Waals surface area contributed by atoms with Gasteiger partial charge >= 0.3 is 6.18 Å². The van der Waals surface area contributed by atoms with Crippen molar-refractivity contribution in [1.82, 2.24) is 0 Å².